The monoisotopic (exact) mass is 357 g/mol. The molecule has 0 heterocycles. The van der Waals surface area contributed by atoms with Gasteiger partial charge in [-0.3, -0.25) is 0 Å². The molecule has 26 heavy (non-hydrogen) atoms. The highest BCUT2D eigenvalue weighted by Crippen LogP contribution is 2.22. The van der Waals surface area contributed by atoms with Crippen molar-refractivity contribution in [2.75, 3.05) is 14.2 Å². The van der Waals surface area contributed by atoms with Gasteiger partial charge in [0, 0.05) is 5.56 Å². The quantitative estimate of drug-likeness (QED) is 0.465. The van der Waals surface area contributed by atoms with Crippen LogP contribution in [0.5, 0.6) is 5.75 Å². The first kappa shape index (κ1) is 19.0. The van der Waals surface area contributed by atoms with Crippen molar-refractivity contribution in [3.05, 3.63) is 64.7 Å². The maximum absolute atomic E-state index is 12.0. The molecule has 0 saturated carbocycles. The van der Waals surface area contributed by atoms with Crippen LogP contribution in [0.4, 0.5) is 0 Å². The van der Waals surface area contributed by atoms with Crippen LogP contribution in [0.25, 0.3) is 0 Å². The first-order valence-electron chi connectivity index (χ1n) is 7.72. The van der Waals surface area contributed by atoms with E-state index in [-0.39, 0.29) is 17.9 Å². The highest BCUT2D eigenvalue weighted by atomic mass is 16.6. The van der Waals surface area contributed by atoms with Gasteiger partial charge < -0.3 is 19.4 Å². The van der Waals surface area contributed by atoms with Crippen LogP contribution in [-0.2, 0) is 21.0 Å². The van der Waals surface area contributed by atoms with Crippen molar-refractivity contribution in [1.29, 1.82) is 0 Å². The van der Waals surface area contributed by atoms with Crippen LogP contribution < -0.4 is 4.74 Å². The van der Waals surface area contributed by atoms with E-state index < -0.39 is 11.9 Å². The van der Waals surface area contributed by atoms with E-state index in [9.17, 15) is 9.59 Å². The average Bonchev–Trinajstić information content (AvgIpc) is 2.64. The van der Waals surface area contributed by atoms with Gasteiger partial charge in [0.1, 0.15) is 19.5 Å². The summed E-state index contributed by atoms with van der Waals surface area (Å²) in [5.41, 5.74) is 2.15. The Morgan fingerprint density at radius 2 is 1.85 bits per heavy atom. The second-order valence-electron chi connectivity index (χ2n) is 5.35. The molecule has 0 saturated heterocycles. The number of carbonyl (C=O) groups is 2. The number of carboxylic acids is 1. The molecule has 0 aromatic heterocycles. The summed E-state index contributed by atoms with van der Waals surface area (Å²) in [5.74, 6) is -1.07. The molecule has 0 atom stereocenters. The molecule has 1 N–H and O–H groups in total. The van der Waals surface area contributed by atoms with Crippen LogP contribution in [0.15, 0.2) is 47.6 Å². The molecule has 0 aliphatic carbocycles. The molecule has 0 unspecified atom stereocenters. The van der Waals surface area contributed by atoms with Crippen molar-refractivity contribution in [3.63, 3.8) is 0 Å². The standard InChI is InChI=1S/C19H19NO6/c1-12-10-13(18(21)22)8-9-16(12)26-11-14-6-4-5-7-15(14)17(20-25-3)19(23)24-2/h4-10H,11H2,1-3H3,(H,21,22)/b20-17+. The van der Waals surface area contributed by atoms with Gasteiger partial charge in [-0.1, -0.05) is 29.4 Å². The minimum atomic E-state index is -0.997. The summed E-state index contributed by atoms with van der Waals surface area (Å²) in [6.45, 7) is 1.92. The topological polar surface area (TPSA) is 94.4 Å². The van der Waals surface area contributed by atoms with Crippen molar-refractivity contribution in [2.24, 2.45) is 5.16 Å². The van der Waals surface area contributed by atoms with E-state index in [4.69, 9.17) is 19.4 Å². The van der Waals surface area contributed by atoms with Gasteiger partial charge in [-0.05, 0) is 36.2 Å². The van der Waals surface area contributed by atoms with Crippen LogP contribution in [0, 0.1) is 6.92 Å². The van der Waals surface area contributed by atoms with Gasteiger partial charge in [0.2, 0.25) is 0 Å². The SMILES string of the molecule is CO/N=C(/C(=O)OC)c1ccccc1COc1ccc(C(=O)O)cc1C. The lowest BCUT2D eigenvalue weighted by atomic mass is 10.0. The Balaban J connectivity index is 2.27. The molecule has 2 aromatic rings. The van der Waals surface area contributed by atoms with Gasteiger partial charge in [0.15, 0.2) is 5.71 Å². The minimum absolute atomic E-state index is 0.0344. The summed E-state index contributed by atoms with van der Waals surface area (Å²) in [4.78, 5) is 27.7. The average molecular weight is 357 g/mol. The summed E-state index contributed by atoms with van der Waals surface area (Å²) in [5, 5.41) is 12.8. The van der Waals surface area contributed by atoms with E-state index >= 15 is 0 Å². The van der Waals surface area contributed by atoms with Crippen molar-refractivity contribution >= 4 is 17.7 Å². The molecule has 2 aromatic carbocycles. The number of hydrogen-bond acceptors (Lipinski definition) is 6. The number of rotatable bonds is 7. The lowest BCUT2D eigenvalue weighted by molar-refractivity contribution is -0.132. The molecule has 7 nitrogen and oxygen atoms in total. The summed E-state index contributed by atoms with van der Waals surface area (Å²) in [7, 11) is 2.61. The minimum Gasteiger partial charge on any atom is -0.489 e. The number of carbonyl (C=O) groups excluding carboxylic acids is 1. The number of oxime groups is 1. The molecular weight excluding hydrogens is 338 g/mol. The maximum Gasteiger partial charge on any atom is 0.360 e. The summed E-state index contributed by atoms with van der Waals surface area (Å²) in [6.07, 6.45) is 0. The third kappa shape index (κ3) is 4.38. The zero-order valence-electron chi connectivity index (χ0n) is 14.7. The number of nitrogens with zero attached hydrogens (tertiary/aromatic N) is 1. The van der Waals surface area contributed by atoms with Crippen LogP contribution in [-0.4, -0.2) is 37.0 Å². The number of esters is 1. The predicted molar refractivity (Wildman–Crippen MR) is 94.5 cm³/mol. The van der Waals surface area contributed by atoms with Gasteiger partial charge in [0.05, 0.1) is 12.7 Å². The molecule has 0 aliphatic heterocycles. The van der Waals surface area contributed by atoms with Gasteiger partial charge in [-0.2, -0.15) is 0 Å². The Morgan fingerprint density at radius 3 is 2.46 bits per heavy atom. The first-order chi connectivity index (χ1) is 12.5. The van der Waals surface area contributed by atoms with E-state index in [1.54, 1.807) is 31.2 Å². The van der Waals surface area contributed by atoms with Crippen molar-refractivity contribution in [3.8, 4) is 5.75 Å². The van der Waals surface area contributed by atoms with E-state index in [1.807, 2.05) is 6.07 Å². The van der Waals surface area contributed by atoms with Gasteiger partial charge in [-0.25, -0.2) is 9.59 Å². The number of aromatic carboxylic acids is 1. The molecule has 0 amide bonds. The smallest absolute Gasteiger partial charge is 0.360 e. The molecular formula is C19H19NO6. The molecule has 136 valence electrons. The normalized spacial score (nSPS) is 11.0. The number of methoxy groups -OCH3 is 1. The van der Waals surface area contributed by atoms with Gasteiger partial charge in [-0.15, -0.1) is 0 Å². The van der Waals surface area contributed by atoms with Crippen molar-refractivity contribution in [1.82, 2.24) is 0 Å². The second-order valence-corrected chi connectivity index (χ2v) is 5.35. The Labute approximate surface area is 150 Å². The van der Waals surface area contributed by atoms with E-state index in [2.05, 4.69) is 5.16 Å². The number of hydrogen-bond donors (Lipinski definition) is 1. The lowest BCUT2D eigenvalue weighted by Crippen LogP contribution is -2.19. The highest BCUT2D eigenvalue weighted by Gasteiger charge is 2.19. The number of carboxylic acid groups (broad SMARTS) is 1. The number of aryl methyl sites for hydroxylation is 1. The Bertz CT molecular complexity index is 844. The largest absolute Gasteiger partial charge is 0.489 e. The lowest BCUT2D eigenvalue weighted by Gasteiger charge is -2.13. The van der Waals surface area contributed by atoms with Crippen molar-refractivity contribution in [2.45, 2.75) is 13.5 Å². The van der Waals surface area contributed by atoms with Crippen LogP contribution in [0.2, 0.25) is 0 Å². The molecule has 0 radical (unpaired) electrons. The number of benzene rings is 2. The molecule has 0 bridgehead atoms. The fourth-order valence-electron chi connectivity index (χ4n) is 2.36. The molecule has 0 spiro atoms. The Morgan fingerprint density at radius 1 is 1.12 bits per heavy atom. The fraction of sp³-hybridized carbons (Fsp3) is 0.211. The second kappa shape index (κ2) is 8.66. The summed E-state index contributed by atoms with van der Waals surface area (Å²) < 4.78 is 10.5. The molecule has 0 aliphatic rings. The molecule has 7 heteroatoms. The van der Waals surface area contributed by atoms with Crippen LogP contribution in [0.1, 0.15) is 27.0 Å². The highest BCUT2D eigenvalue weighted by molar-refractivity contribution is 6.43. The molecule has 0 fully saturated rings. The van der Waals surface area contributed by atoms with E-state index in [0.29, 0.717) is 22.4 Å². The third-order valence-electron chi connectivity index (χ3n) is 3.64. The van der Waals surface area contributed by atoms with Crippen LogP contribution in [0.3, 0.4) is 0 Å². The number of ether oxygens (including phenoxy) is 2. The van der Waals surface area contributed by atoms with E-state index in [1.165, 1.54) is 26.4 Å². The van der Waals surface area contributed by atoms with E-state index in [0.717, 1.165) is 0 Å². The summed E-state index contributed by atoms with van der Waals surface area (Å²) in [6, 6.07) is 11.7. The fourth-order valence-corrected chi connectivity index (χ4v) is 2.36. The zero-order chi connectivity index (χ0) is 19.1. The predicted octanol–water partition coefficient (Wildman–Crippen LogP) is 2.80. The maximum atomic E-state index is 12.0. The first-order valence-corrected chi connectivity index (χ1v) is 7.72. The van der Waals surface area contributed by atoms with Crippen molar-refractivity contribution < 1.29 is 29.0 Å². The van der Waals surface area contributed by atoms with Gasteiger partial charge >= 0.3 is 11.9 Å². The van der Waals surface area contributed by atoms with Gasteiger partial charge in [0.25, 0.3) is 0 Å². The molecule has 2 rings (SSSR count). The van der Waals surface area contributed by atoms with Crippen LogP contribution >= 0.6 is 0 Å². The third-order valence-corrected chi connectivity index (χ3v) is 3.64. The Kier molecular flexibility index (Phi) is 6.32. The Hall–Kier alpha value is -3.35. The zero-order valence-corrected chi connectivity index (χ0v) is 14.7. The summed E-state index contributed by atoms with van der Waals surface area (Å²) >= 11 is 0.